The number of rotatable bonds is 5. The molecule has 0 aliphatic carbocycles. The second-order valence-electron chi connectivity index (χ2n) is 3.56. The van der Waals surface area contributed by atoms with E-state index in [9.17, 15) is 4.79 Å². The number of carboxylic acid groups (broad SMARTS) is 1. The Bertz CT molecular complexity index is 560. The summed E-state index contributed by atoms with van der Waals surface area (Å²) in [6, 6.07) is 5.49. The van der Waals surface area contributed by atoms with Gasteiger partial charge in [0, 0.05) is 19.3 Å². The number of fused-ring (bicyclic) bond motifs is 1. The largest absolute Gasteiger partial charge is 0.475 e. The van der Waals surface area contributed by atoms with Gasteiger partial charge in [-0.05, 0) is 12.1 Å². The Labute approximate surface area is 98.4 Å². The van der Waals surface area contributed by atoms with Crippen LogP contribution in [0.25, 0.3) is 5.52 Å². The molecule has 0 atom stereocenters. The molecule has 88 valence electrons. The molecule has 2 aromatic rings. The standard InChI is InChI=1S/C12H13N3O2/c1-2-6-13-8-9-10-5-3-4-7-15(10)11(14-9)12(16)17/h2-5,7,13H,1,6,8H2,(H,16,17). The first-order chi connectivity index (χ1) is 8.24. The number of nitrogens with one attached hydrogen (secondary N) is 1. The topological polar surface area (TPSA) is 66.6 Å². The van der Waals surface area contributed by atoms with Gasteiger partial charge in [0.25, 0.3) is 0 Å². The van der Waals surface area contributed by atoms with Gasteiger partial charge in [0.05, 0.1) is 11.2 Å². The van der Waals surface area contributed by atoms with Crippen molar-refractivity contribution in [2.24, 2.45) is 0 Å². The van der Waals surface area contributed by atoms with Crippen LogP contribution >= 0.6 is 0 Å². The molecule has 0 aliphatic rings. The highest BCUT2D eigenvalue weighted by Gasteiger charge is 2.15. The van der Waals surface area contributed by atoms with Crippen molar-refractivity contribution in [3.05, 3.63) is 48.6 Å². The lowest BCUT2D eigenvalue weighted by molar-refractivity contribution is 0.0682. The molecule has 0 saturated heterocycles. The van der Waals surface area contributed by atoms with Crippen molar-refractivity contribution in [2.45, 2.75) is 6.54 Å². The van der Waals surface area contributed by atoms with Crippen LogP contribution in [0.5, 0.6) is 0 Å². The maximum atomic E-state index is 11.0. The summed E-state index contributed by atoms with van der Waals surface area (Å²) in [4.78, 5) is 15.2. The zero-order valence-corrected chi connectivity index (χ0v) is 9.26. The van der Waals surface area contributed by atoms with Crippen LogP contribution in [0, 0.1) is 0 Å². The Balaban J connectivity index is 2.41. The van der Waals surface area contributed by atoms with Crippen LogP contribution in [0.3, 0.4) is 0 Å². The third-order valence-corrected chi connectivity index (χ3v) is 2.40. The van der Waals surface area contributed by atoms with Gasteiger partial charge in [-0.25, -0.2) is 9.78 Å². The lowest BCUT2D eigenvalue weighted by Gasteiger charge is -1.98. The first-order valence-corrected chi connectivity index (χ1v) is 5.25. The summed E-state index contributed by atoms with van der Waals surface area (Å²) >= 11 is 0. The first-order valence-electron chi connectivity index (χ1n) is 5.25. The predicted molar refractivity (Wildman–Crippen MR) is 64.1 cm³/mol. The van der Waals surface area contributed by atoms with E-state index in [2.05, 4.69) is 16.9 Å². The van der Waals surface area contributed by atoms with E-state index in [0.29, 0.717) is 13.1 Å². The van der Waals surface area contributed by atoms with Crippen LogP contribution in [-0.2, 0) is 6.54 Å². The molecule has 0 radical (unpaired) electrons. The van der Waals surface area contributed by atoms with E-state index in [1.807, 2.05) is 12.1 Å². The molecule has 5 nitrogen and oxygen atoms in total. The third-order valence-electron chi connectivity index (χ3n) is 2.40. The summed E-state index contributed by atoms with van der Waals surface area (Å²) < 4.78 is 1.58. The molecule has 2 heterocycles. The minimum Gasteiger partial charge on any atom is -0.475 e. The number of nitrogens with zero attached hydrogens (tertiary/aromatic N) is 2. The normalized spacial score (nSPS) is 10.6. The highest BCUT2D eigenvalue weighted by Crippen LogP contribution is 2.12. The van der Waals surface area contributed by atoms with Gasteiger partial charge < -0.3 is 10.4 Å². The van der Waals surface area contributed by atoms with E-state index in [1.165, 1.54) is 0 Å². The third kappa shape index (κ3) is 2.19. The first kappa shape index (κ1) is 11.3. The van der Waals surface area contributed by atoms with Crippen molar-refractivity contribution in [1.29, 1.82) is 0 Å². The number of hydrogen-bond donors (Lipinski definition) is 2. The number of carbonyl (C=O) groups is 1. The van der Waals surface area contributed by atoms with Gasteiger partial charge in [-0.2, -0.15) is 0 Å². The lowest BCUT2D eigenvalue weighted by Crippen LogP contribution is -2.13. The fourth-order valence-electron chi connectivity index (χ4n) is 1.68. The van der Waals surface area contributed by atoms with Crippen LogP contribution in [0.1, 0.15) is 16.3 Å². The minimum absolute atomic E-state index is 0.0380. The highest BCUT2D eigenvalue weighted by molar-refractivity contribution is 5.85. The van der Waals surface area contributed by atoms with Crippen molar-refractivity contribution in [2.75, 3.05) is 6.54 Å². The highest BCUT2D eigenvalue weighted by atomic mass is 16.4. The SMILES string of the molecule is C=CCNCc1nc(C(=O)O)n2ccccc12. The summed E-state index contributed by atoms with van der Waals surface area (Å²) in [5.41, 5.74) is 1.53. The summed E-state index contributed by atoms with van der Waals surface area (Å²) in [5.74, 6) is -0.989. The van der Waals surface area contributed by atoms with Crippen molar-refractivity contribution in [3.8, 4) is 0 Å². The molecule has 0 amide bonds. The predicted octanol–water partition coefficient (Wildman–Crippen LogP) is 1.31. The summed E-state index contributed by atoms with van der Waals surface area (Å²) in [6.07, 6.45) is 3.44. The van der Waals surface area contributed by atoms with Crippen LogP contribution in [0.15, 0.2) is 37.1 Å². The van der Waals surface area contributed by atoms with Crippen molar-refractivity contribution in [1.82, 2.24) is 14.7 Å². The van der Waals surface area contributed by atoms with Gasteiger partial charge in [-0.3, -0.25) is 4.40 Å². The Morgan fingerprint density at radius 1 is 1.59 bits per heavy atom. The molecule has 17 heavy (non-hydrogen) atoms. The molecule has 0 saturated carbocycles. The zero-order valence-electron chi connectivity index (χ0n) is 9.26. The van der Waals surface area contributed by atoms with Crippen LogP contribution in [-0.4, -0.2) is 27.0 Å². The van der Waals surface area contributed by atoms with E-state index >= 15 is 0 Å². The second-order valence-corrected chi connectivity index (χ2v) is 3.56. The smallest absolute Gasteiger partial charge is 0.372 e. The maximum Gasteiger partial charge on any atom is 0.372 e. The van der Waals surface area contributed by atoms with Gasteiger partial charge in [0.2, 0.25) is 5.82 Å². The van der Waals surface area contributed by atoms with E-state index in [0.717, 1.165) is 11.2 Å². The van der Waals surface area contributed by atoms with Crippen molar-refractivity contribution < 1.29 is 9.90 Å². The van der Waals surface area contributed by atoms with E-state index in [-0.39, 0.29) is 5.82 Å². The number of hydrogen-bond acceptors (Lipinski definition) is 3. The van der Waals surface area contributed by atoms with Crippen LogP contribution in [0.2, 0.25) is 0 Å². The van der Waals surface area contributed by atoms with Gasteiger partial charge in [0.1, 0.15) is 0 Å². The molecule has 0 aliphatic heterocycles. The molecule has 0 unspecified atom stereocenters. The number of aromatic nitrogens is 2. The number of pyridine rings is 1. The number of carboxylic acids is 1. The summed E-state index contributed by atoms with van der Waals surface area (Å²) in [5, 5.41) is 12.2. The van der Waals surface area contributed by atoms with Gasteiger partial charge in [-0.1, -0.05) is 12.1 Å². The molecular weight excluding hydrogens is 218 g/mol. The lowest BCUT2D eigenvalue weighted by atomic mass is 10.3. The summed E-state index contributed by atoms with van der Waals surface area (Å²) in [6.45, 7) is 4.79. The molecule has 2 aromatic heterocycles. The van der Waals surface area contributed by atoms with Crippen molar-refractivity contribution >= 4 is 11.5 Å². The fourth-order valence-corrected chi connectivity index (χ4v) is 1.68. The maximum absolute atomic E-state index is 11.0. The van der Waals surface area contributed by atoms with Crippen LogP contribution < -0.4 is 5.32 Å². The van der Waals surface area contributed by atoms with Crippen LogP contribution in [0.4, 0.5) is 0 Å². The van der Waals surface area contributed by atoms with Crippen molar-refractivity contribution in [3.63, 3.8) is 0 Å². The van der Waals surface area contributed by atoms with Gasteiger partial charge >= 0.3 is 5.97 Å². The second kappa shape index (κ2) is 4.80. The van der Waals surface area contributed by atoms with E-state index in [4.69, 9.17) is 5.11 Å². The van der Waals surface area contributed by atoms with Gasteiger partial charge in [0.15, 0.2) is 0 Å². The van der Waals surface area contributed by atoms with E-state index < -0.39 is 5.97 Å². The monoisotopic (exact) mass is 231 g/mol. The Kier molecular flexibility index (Phi) is 3.20. The Hall–Kier alpha value is -2.14. The average molecular weight is 231 g/mol. The quantitative estimate of drug-likeness (QED) is 0.601. The van der Waals surface area contributed by atoms with E-state index in [1.54, 1.807) is 22.7 Å². The number of aromatic carboxylic acids is 1. The molecule has 0 bridgehead atoms. The van der Waals surface area contributed by atoms with Gasteiger partial charge in [-0.15, -0.1) is 6.58 Å². The molecule has 2 N–H and O–H groups in total. The average Bonchev–Trinajstić information content (AvgIpc) is 2.69. The molecule has 0 aromatic carbocycles. The fraction of sp³-hybridized carbons (Fsp3) is 0.167. The summed E-state index contributed by atoms with van der Waals surface area (Å²) in [7, 11) is 0. The molecule has 5 heteroatoms. The number of imidazole rings is 1. The Morgan fingerprint density at radius 2 is 2.41 bits per heavy atom. The molecule has 0 spiro atoms. The minimum atomic E-state index is -1.03. The molecular formula is C12H13N3O2. The zero-order chi connectivity index (χ0) is 12.3. The Morgan fingerprint density at radius 3 is 3.12 bits per heavy atom. The molecule has 0 fully saturated rings. The molecule has 2 rings (SSSR count).